The van der Waals surface area contributed by atoms with Gasteiger partial charge in [0, 0.05) is 29.6 Å². The number of nitrogens with zero attached hydrogens (tertiary/aromatic N) is 2. The molecule has 2 aromatic heterocycles. The smallest absolute Gasteiger partial charge is 0.333 e. The van der Waals surface area contributed by atoms with E-state index in [9.17, 15) is 14.7 Å². The Morgan fingerprint density at radius 2 is 1.97 bits per heavy atom. The summed E-state index contributed by atoms with van der Waals surface area (Å²) in [5.41, 5.74) is 3.70. The van der Waals surface area contributed by atoms with Gasteiger partial charge >= 0.3 is 5.97 Å². The van der Waals surface area contributed by atoms with Crippen molar-refractivity contribution in [2.75, 3.05) is 7.11 Å². The zero-order chi connectivity index (χ0) is 25.5. The summed E-state index contributed by atoms with van der Waals surface area (Å²) < 4.78 is 11.0. The van der Waals surface area contributed by atoms with E-state index in [1.165, 1.54) is 11.3 Å². The number of carbonyl (C=O) groups is 2. The molecule has 0 aliphatic heterocycles. The van der Waals surface area contributed by atoms with Crippen LogP contribution in [-0.4, -0.2) is 46.3 Å². The first-order valence-electron chi connectivity index (χ1n) is 11.5. The van der Waals surface area contributed by atoms with Gasteiger partial charge in [0.05, 0.1) is 18.9 Å². The van der Waals surface area contributed by atoms with Gasteiger partial charge in [-0.2, -0.15) is 0 Å². The van der Waals surface area contributed by atoms with Crippen LogP contribution >= 0.6 is 11.3 Å². The number of hydrogen-bond donors (Lipinski definition) is 2. The molecule has 1 aromatic carbocycles. The van der Waals surface area contributed by atoms with Gasteiger partial charge in [0.25, 0.3) is 5.91 Å². The minimum Gasteiger partial charge on any atom is -0.496 e. The molecule has 0 bridgehead atoms. The summed E-state index contributed by atoms with van der Waals surface area (Å²) in [4.78, 5) is 34.5. The summed E-state index contributed by atoms with van der Waals surface area (Å²) in [7, 11) is 1.55. The maximum atomic E-state index is 13.0. The molecule has 8 nitrogen and oxygen atoms in total. The average Bonchev–Trinajstić information content (AvgIpc) is 3.27. The molecule has 1 amide bonds. The first kappa shape index (κ1) is 26.3. The van der Waals surface area contributed by atoms with Crippen molar-refractivity contribution in [1.82, 2.24) is 15.3 Å². The number of carboxylic acids is 1. The third kappa shape index (κ3) is 6.86. The summed E-state index contributed by atoms with van der Waals surface area (Å²) in [6.45, 7) is 7.76. The number of hydrogen-bond acceptors (Lipinski definition) is 7. The highest BCUT2D eigenvalue weighted by atomic mass is 32.1. The third-order valence-corrected chi connectivity index (χ3v) is 6.50. The van der Waals surface area contributed by atoms with E-state index < -0.39 is 12.1 Å². The third-order valence-electron chi connectivity index (χ3n) is 5.28. The zero-order valence-electron chi connectivity index (χ0n) is 20.6. The summed E-state index contributed by atoms with van der Waals surface area (Å²) in [5, 5.41) is 13.1. The van der Waals surface area contributed by atoms with E-state index in [1.54, 1.807) is 39.3 Å². The molecule has 186 valence electrons. The zero-order valence-corrected chi connectivity index (χ0v) is 21.4. The van der Waals surface area contributed by atoms with Crippen LogP contribution in [-0.2, 0) is 28.9 Å². The fraction of sp³-hybridized carbons (Fsp3) is 0.385. The van der Waals surface area contributed by atoms with E-state index in [1.807, 2.05) is 32.0 Å². The number of thiazole rings is 1. The van der Waals surface area contributed by atoms with E-state index in [0.29, 0.717) is 22.9 Å². The lowest BCUT2D eigenvalue weighted by Crippen LogP contribution is -2.29. The van der Waals surface area contributed by atoms with Crippen LogP contribution in [0.1, 0.15) is 52.8 Å². The van der Waals surface area contributed by atoms with Crippen LogP contribution in [0.3, 0.4) is 0 Å². The van der Waals surface area contributed by atoms with Gasteiger partial charge in [-0.3, -0.25) is 9.78 Å². The van der Waals surface area contributed by atoms with Crippen molar-refractivity contribution in [3.05, 3.63) is 63.8 Å². The Morgan fingerprint density at radius 3 is 2.57 bits per heavy atom. The molecule has 9 heteroatoms. The number of methoxy groups -OCH3 is 1. The van der Waals surface area contributed by atoms with Crippen LogP contribution in [0.5, 0.6) is 5.75 Å². The van der Waals surface area contributed by atoms with Gasteiger partial charge in [0.1, 0.15) is 16.5 Å². The largest absolute Gasteiger partial charge is 0.496 e. The van der Waals surface area contributed by atoms with Gasteiger partial charge < -0.3 is 19.9 Å². The topological polar surface area (TPSA) is 111 Å². The Kier molecular flexibility index (Phi) is 8.95. The number of amides is 1. The van der Waals surface area contributed by atoms with Crippen molar-refractivity contribution in [3.8, 4) is 16.5 Å². The molecule has 0 fully saturated rings. The second-order valence-corrected chi connectivity index (χ2v) is 9.49. The number of aryl methyl sites for hydroxylation is 2. The molecule has 0 radical (unpaired) electrons. The normalized spacial score (nSPS) is 11.9. The van der Waals surface area contributed by atoms with Crippen LogP contribution in [0.25, 0.3) is 10.7 Å². The van der Waals surface area contributed by atoms with Gasteiger partial charge in [-0.25, -0.2) is 9.78 Å². The number of benzene rings is 1. The van der Waals surface area contributed by atoms with Crippen LogP contribution in [0.2, 0.25) is 0 Å². The van der Waals surface area contributed by atoms with Crippen molar-refractivity contribution >= 4 is 23.2 Å². The standard InChI is InChI=1S/C26H31N3O5S/c1-6-22-23(29-25(35-22)19-9-7-16(4)13-27-19)24(30)28-14-18-11-17(8-10-20(18)33-5)12-21(26(31)32)34-15(2)3/h7-11,13,15,21H,6,12,14H2,1-5H3,(H,28,30)(H,31,32). The van der Waals surface area contributed by atoms with Crippen molar-refractivity contribution in [1.29, 1.82) is 0 Å². The van der Waals surface area contributed by atoms with Crippen LogP contribution in [0.4, 0.5) is 0 Å². The molecule has 0 aliphatic rings. The molecule has 1 unspecified atom stereocenters. The molecule has 35 heavy (non-hydrogen) atoms. The van der Waals surface area contributed by atoms with E-state index in [-0.39, 0.29) is 25.0 Å². The fourth-order valence-electron chi connectivity index (χ4n) is 3.57. The first-order chi connectivity index (χ1) is 16.7. The minimum absolute atomic E-state index is 0.206. The van der Waals surface area contributed by atoms with Crippen molar-refractivity contribution in [3.63, 3.8) is 0 Å². The summed E-state index contributed by atoms with van der Waals surface area (Å²) in [6, 6.07) is 9.28. The Bertz CT molecular complexity index is 1170. The second kappa shape index (κ2) is 11.9. The molecular weight excluding hydrogens is 466 g/mol. The van der Waals surface area contributed by atoms with Crippen molar-refractivity contribution in [2.24, 2.45) is 0 Å². The monoisotopic (exact) mass is 497 g/mol. The number of aliphatic carboxylic acids is 1. The Labute approximate surface area is 209 Å². The van der Waals surface area contributed by atoms with E-state index in [0.717, 1.165) is 27.3 Å². The number of nitrogens with one attached hydrogen (secondary N) is 1. The second-order valence-electron chi connectivity index (χ2n) is 8.41. The number of carbonyl (C=O) groups excluding carboxylic acids is 1. The summed E-state index contributed by atoms with van der Waals surface area (Å²) in [5.74, 6) is -0.696. The van der Waals surface area contributed by atoms with Gasteiger partial charge in [-0.15, -0.1) is 11.3 Å². The van der Waals surface area contributed by atoms with E-state index in [4.69, 9.17) is 9.47 Å². The van der Waals surface area contributed by atoms with E-state index in [2.05, 4.69) is 15.3 Å². The number of aromatic nitrogens is 2. The lowest BCUT2D eigenvalue weighted by Gasteiger charge is -2.18. The highest BCUT2D eigenvalue weighted by Crippen LogP contribution is 2.28. The lowest BCUT2D eigenvalue weighted by atomic mass is 10.0. The van der Waals surface area contributed by atoms with Gasteiger partial charge in [0.15, 0.2) is 6.10 Å². The van der Waals surface area contributed by atoms with Gasteiger partial charge in [-0.05, 0) is 50.5 Å². The molecule has 2 N–H and O–H groups in total. The Balaban J connectivity index is 1.77. The summed E-state index contributed by atoms with van der Waals surface area (Å²) >= 11 is 1.46. The quantitative estimate of drug-likeness (QED) is 0.403. The SMILES string of the molecule is CCc1sc(-c2ccc(C)cn2)nc1C(=O)NCc1cc(CC(OC(C)C)C(=O)O)ccc1OC. The highest BCUT2D eigenvalue weighted by Gasteiger charge is 2.22. The van der Waals surface area contributed by atoms with Crippen molar-refractivity contribution < 1.29 is 24.2 Å². The molecule has 1 atom stereocenters. The molecule has 3 aromatic rings. The van der Waals surface area contributed by atoms with Crippen LogP contribution in [0, 0.1) is 6.92 Å². The van der Waals surface area contributed by atoms with Gasteiger partial charge in [-0.1, -0.05) is 25.1 Å². The van der Waals surface area contributed by atoms with Gasteiger partial charge in [0.2, 0.25) is 0 Å². The lowest BCUT2D eigenvalue weighted by molar-refractivity contribution is -0.153. The number of rotatable bonds is 11. The minimum atomic E-state index is -1.01. The fourth-order valence-corrected chi connectivity index (χ4v) is 4.54. The number of carboxylic acid groups (broad SMARTS) is 1. The van der Waals surface area contributed by atoms with Crippen molar-refractivity contribution in [2.45, 2.75) is 59.3 Å². The first-order valence-corrected chi connectivity index (χ1v) is 12.3. The molecule has 0 spiro atoms. The molecule has 0 saturated heterocycles. The molecule has 0 saturated carbocycles. The predicted octanol–water partition coefficient (Wildman–Crippen LogP) is 4.44. The number of pyridine rings is 1. The average molecular weight is 498 g/mol. The van der Waals surface area contributed by atoms with E-state index >= 15 is 0 Å². The summed E-state index contributed by atoms with van der Waals surface area (Å²) in [6.07, 6.45) is 1.50. The molecule has 2 heterocycles. The maximum absolute atomic E-state index is 13.0. The highest BCUT2D eigenvalue weighted by molar-refractivity contribution is 7.15. The number of ether oxygens (including phenoxy) is 2. The van der Waals surface area contributed by atoms with Crippen LogP contribution in [0.15, 0.2) is 36.5 Å². The Hall–Kier alpha value is -3.30. The molecular formula is C26H31N3O5S. The Morgan fingerprint density at radius 1 is 1.20 bits per heavy atom. The predicted molar refractivity (Wildman–Crippen MR) is 135 cm³/mol. The molecule has 0 aliphatic carbocycles. The van der Waals surface area contributed by atoms with Crippen LogP contribution < -0.4 is 10.1 Å². The maximum Gasteiger partial charge on any atom is 0.333 e. The molecule has 3 rings (SSSR count).